The zero-order valence-corrected chi connectivity index (χ0v) is 20.9. The van der Waals surface area contributed by atoms with Crippen molar-refractivity contribution in [1.29, 1.82) is 5.41 Å². The Bertz CT molecular complexity index is 1770. The van der Waals surface area contributed by atoms with Crippen molar-refractivity contribution in [3.05, 3.63) is 85.5 Å². The number of nitrogen functional groups attached to an aromatic ring is 1. The Labute approximate surface area is 211 Å². The molecular weight excluding hydrogens is 504 g/mol. The summed E-state index contributed by atoms with van der Waals surface area (Å²) >= 11 is 6.46. The number of anilines is 1. The minimum absolute atomic E-state index is 0.0390. The molecule has 10 nitrogen and oxygen atoms in total. The standard InChI is InChI=1S/C24H23ClN6O4S/c1-14-12-20(32)28-22-21(14)31(23(26)27)24(33)30(22)19-13-16(9-10-17(19)25)36(34,35)29-11-5-4-7-15-6-2-3-8-18(15)29/h2-3,6,8-10,12-13H,4-5,7,11H2,1H3,(H3,26,27)(H,28,32). The summed E-state index contributed by atoms with van der Waals surface area (Å²) in [6.45, 7) is 1.92. The lowest BCUT2D eigenvalue weighted by atomic mass is 10.1. The van der Waals surface area contributed by atoms with Crippen LogP contribution in [0.1, 0.15) is 24.0 Å². The van der Waals surface area contributed by atoms with Crippen LogP contribution in [-0.2, 0) is 16.4 Å². The Morgan fingerprint density at radius 2 is 1.83 bits per heavy atom. The highest BCUT2D eigenvalue weighted by Crippen LogP contribution is 2.33. The van der Waals surface area contributed by atoms with E-state index < -0.39 is 27.2 Å². The molecule has 0 aliphatic carbocycles. The van der Waals surface area contributed by atoms with Gasteiger partial charge in [-0.3, -0.25) is 14.5 Å². The summed E-state index contributed by atoms with van der Waals surface area (Å²) in [5, 5.41) is 7.98. The predicted octanol–water partition coefficient (Wildman–Crippen LogP) is 2.72. The minimum Gasteiger partial charge on any atom is -0.369 e. The van der Waals surface area contributed by atoms with Crippen LogP contribution in [0.5, 0.6) is 0 Å². The molecule has 4 aromatic rings. The van der Waals surface area contributed by atoms with Gasteiger partial charge in [-0.25, -0.2) is 22.3 Å². The number of hydrogen-bond acceptors (Lipinski definition) is 5. The Morgan fingerprint density at radius 3 is 2.58 bits per heavy atom. The molecular formula is C24H23ClN6O4S. The molecule has 0 unspecified atom stereocenters. The molecule has 0 saturated carbocycles. The van der Waals surface area contributed by atoms with E-state index >= 15 is 0 Å². The number of aromatic amines is 1. The second-order valence-corrected chi connectivity index (χ2v) is 10.9. The first-order valence-electron chi connectivity index (χ1n) is 11.2. The molecule has 2 aromatic heterocycles. The smallest absolute Gasteiger partial charge is 0.341 e. The Balaban J connectivity index is 1.75. The molecule has 12 heteroatoms. The van der Waals surface area contributed by atoms with E-state index in [1.807, 2.05) is 12.1 Å². The Morgan fingerprint density at radius 1 is 1.08 bits per heavy atom. The number of hydrogen-bond donors (Lipinski definition) is 3. The third-order valence-electron chi connectivity index (χ3n) is 6.32. The van der Waals surface area contributed by atoms with Crippen molar-refractivity contribution in [3.63, 3.8) is 0 Å². The zero-order chi connectivity index (χ0) is 25.8. The van der Waals surface area contributed by atoms with Gasteiger partial charge in [0.25, 0.3) is 10.0 Å². The molecule has 0 amide bonds. The van der Waals surface area contributed by atoms with E-state index in [1.54, 1.807) is 19.1 Å². The van der Waals surface area contributed by atoms with Crippen molar-refractivity contribution in [1.82, 2.24) is 14.1 Å². The van der Waals surface area contributed by atoms with E-state index in [-0.39, 0.29) is 26.8 Å². The highest BCUT2D eigenvalue weighted by molar-refractivity contribution is 7.92. The number of nitrogens with two attached hydrogens (primary N) is 1. The van der Waals surface area contributed by atoms with E-state index in [0.29, 0.717) is 24.2 Å². The van der Waals surface area contributed by atoms with Crippen LogP contribution in [0.2, 0.25) is 5.02 Å². The quantitative estimate of drug-likeness (QED) is 0.277. The van der Waals surface area contributed by atoms with Crippen molar-refractivity contribution in [2.45, 2.75) is 31.1 Å². The normalized spacial score (nSPS) is 14.0. The molecule has 0 atom stereocenters. The average molecular weight is 527 g/mol. The number of nitrogens with one attached hydrogen (secondary N) is 2. The van der Waals surface area contributed by atoms with Gasteiger partial charge < -0.3 is 10.7 Å². The molecule has 36 heavy (non-hydrogen) atoms. The van der Waals surface area contributed by atoms with Crippen LogP contribution in [0.4, 0.5) is 5.69 Å². The number of pyridine rings is 1. The highest BCUT2D eigenvalue weighted by atomic mass is 35.5. The van der Waals surface area contributed by atoms with Crippen LogP contribution in [0.15, 0.2) is 63.0 Å². The Kier molecular flexibility index (Phi) is 5.76. The number of halogens is 1. The highest BCUT2D eigenvalue weighted by Gasteiger charge is 2.29. The lowest BCUT2D eigenvalue weighted by Gasteiger charge is -2.25. The van der Waals surface area contributed by atoms with Crippen molar-refractivity contribution in [3.8, 4) is 5.69 Å². The van der Waals surface area contributed by atoms with Gasteiger partial charge in [-0.1, -0.05) is 29.8 Å². The molecule has 1 aliphatic heterocycles. The van der Waals surface area contributed by atoms with Gasteiger partial charge in [-0.15, -0.1) is 0 Å². The third kappa shape index (κ3) is 3.71. The number of aryl methyl sites for hydroxylation is 2. The first-order chi connectivity index (χ1) is 17.1. The molecule has 0 fully saturated rings. The van der Waals surface area contributed by atoms with Crippen LogP contribution in [0.3, 0.4) is 0 Å². The number of para-hydroxylation sites is 1. The van der Waals surface area contributed by atoms with E-state index in [1.165, 1.54) is 28.6 Å². The molecule has 0 saturated heterocycles. The number of H-pyrrole nitrogens is 1. The number of fused-ring (bicyclic) bond motifs is 2. The van der Waals surface area contributed by atoms with Gasteiger partial charge in [-0.2, -0.15) is 0 Å². The van der Waals surface area contributed by atoms with Gasteiger partial charge in [0.1, 0.15) is 5.65 Å². The van der Waals surface area contributed by atoms with Crippen LogP contribution in [0, 0.1) is 12.3 Å². The lowest BCUT2D eigenvalue weighted by Crippen LogP contribution is -2.33. The lowest BCUT2D eigenvalue weighted by molar-refractivity contribution is 0.589. The van der Waals surface area contributed by atoms with E-state index in [4.69, 9.17) is 22.7 Å². The number of aromatic nitrogens is 3. The Hall–Kier alpha value is -3.83. The van der Waals surface area contributed by atoms with Gasteiger partial charge in [0.05, 0.1) is 26.8 Å². The van der Waals surface area contributed by atoms with E-state index in [9.17, 15) is 18.0 Å². The maximum atomic E-state index is 13.8. The van der Waals surface area contributed by atoms with Gasteiger partial charge in [-0.05, 0) is 61.6 Å². The maximum absolute atomic E-state index is 13.8. The summed E-state index contributed by atoms with van der Waals surface area (Å²) in [7, 11) is -4.02. The molecule has 2 aromatic carbocycles. The molecule has 1 aliphatic rings. The average Bonchev–Trinajstić information content (AvgIpc) is 2.97. The fourth-order valence-electron chi connectivity index (χ4n) is 4.70. The summed E-state index contributed by atoms with van der Waals surface area (Å²) in [6, 6.07) is 12.8. The van der Waals surface area contributed by atoms with Gasteiger partial charge in [0.2, 0.25) is 11.5 Å². The molecule has 0 spiro atoms. The number of rotatable bonds is 3. The first-order valence-corrected chi connectivity index (χ1v) is 13.1. The van der Waals surface area contributed by atoms with Gasteiger partial charge >= 0.3 is 5.69 Å². The molecule has 186 valence electrons. The second kappa shape index (κ2) is 8.68. The number of imidazole rings is 1. The van der Waals surface area contributed by atoms with Crippen LogP contribution in [0.25, 0.3) is 16.9 Å². The van der Waals surface area contributed by atoms with Crippen molar-refractivity contribution < 1.29 is 8.42 Å². The summed E-state index contributed by atoms with van der Waals surface area (Å²) in [6.07, 6.45) is 2.34. The molecule has 3 heterocycles. The maximum Gasteiger partial charge on any atom is 0.341 e. The topological polar surface area (TPSA) is 147 Å². The van der Waals surface area contributed by atoms with Crippen LogP contribution >= 0.6 is 11.6 Å². The fraction of sp³-hybridized carbons (Fsp3) is 0.208. The predicted molar refractivity (Wildman–Crippen MR) is 139 cm³/mol. The third-order valence-corrected chi connectivity index (χ3v) is 8.45. The molecule has 0 radical (unpaired) electrons. The summed E-state index contributed by atoms with van der Waals surface area (Å²) in [4.78, 5) is 28.2. The monoisotopic (exact) mass is 526 g/mol. The summed E-state index contributed by atoms with van der Waals surface area (Å²) in [5.74, 6) is -0.556. The number of benzene rings is 2. The van der Waals surface area contributed by atoms with E-state index in [0.717, 1.165) is 27.5 Å². The number of nitrogens with zero attached hydrogens (tertiary/aromatic N) is 3. The summed E-state index contributed by atoms with van der Waals surface area (Å²) < 4.78 is 31.1. The zero-order valence-electron chi connectivity index (χ0n) is 19.3. The summed E-state index contributed by atoms with van der Waals surface area (Å²) in [5.41, 5.74) is 6.74. The van der Waals surface area contributed by atoms with Gasteiger partial charge in [0, 0.05) is 12.6 Å². The minimum atomic E-state index is -4.02. The van der Waals surface area contributed by atoms with Crippen molar-refractivity contribution >= 4 is 44.4 Å². The number of sulfonamides is 1. The van der Waals surface area contributed by atoms with Crippen molar-refractivity contribution in [2.75, 3.05) is 10.8 Å². The van der Waals surface area contributed by atoms with Gasteiger partial charge in [0.15, 0.2) is 0 Å². The first kappa shape index (κ1) is 23.9. The van der Waals surface area contributed by atoms with Crippen LogP contribution in [-0.4, -0.2) is 35.0 Å². The van der Waals surface area contributed by atoms with Crippen LogP contribution < -0.4 is 21.3 Å². The second-order valence-electron chi connectivity index (χ2n) is 8.63. The SMILES string of the molecule is Cc1cc(=O)[nH]c2c1n(C(=N)N)c(=O)n2-c1cc(S(=O)(=O)N2CCCCc3ccccc32)ccc1Cl. The fourth-order valence-corrected chi connectivity index (χ4v) is 6.47. The van der Waals surface area contributed by atoms with Crippen molar-refractivity contribution in [2.24, 2.45) is 5.73 Å². The van der Waals surface area contributed by atoms with E-state index in [2.05, 4.69) is 4.98 Å². The molecule has 4 N–H and O–H groups in total. The molecule has 5 rings (SSSR count). The molecule has 0 bridgehead atoms. The largest absolute Gasteiger partial charge is 0.369 e.